The molecule has 2 unspecified atom stereocenters. The van der Waals surface area contributed by atoms with E-state index in [1.54, 1.807) is 18.2 Å². The maximum atomic E-state index is 12.1. The summed E-state index contributed by atoms with van der Waals surface area (Å²) >= 11 is 5.84. The van der Waals surface area contributed by atoms with Gasteiger partial charge in [0, 0.05) is 11.1 Å². The van der Waals surface area contributed by atoms with Crippen LogP contribution in [0.25, 0.3) is 0 Å². The molecule has 0 radical (unpaired) electrons. The number of nitrogens with one attached hydrogen (secondary N) is 1. The van der Waals surface area contributed by atoms with Crippen molar-refractivity contribution in [3.05, 3.63) is 23.2 Å². The third kappa shape index (κ3) is 3.87. The van der Waals surface area contributed by atoms with Gasteiger partial charge in [0.15, 0.2) is 0 Å². The van der Waals surface area contributed by atoms with Gasteiger partial charge in [0.25, 0.3) is 0 Å². The first-order chi connectivity index (χ1) is 9.45. The minimum Gasteiger partial charge on any atom is -0.397 e. The van der Waals surface area contributed by atoms with E-state index in [4.69, 9.17) is 17.3 Å². The summed E-state index contributed by atoms with van der Waals surface area (Å²) in [6.07, 6.45) is 2.30. The lowest BCUT2D eigenvalue weighted by Crippen LogP contribution is -2.44. The number of hydrogen-bond acceptors (Lipinski definition) is 3. The maximum absolute atomic E-state index is 12.1. The van der Waals surface area contributed by atoms with Crippen LogP contribution < -0.4 is 11.1 Å². The van der Waals surface area contributed by atoms with Crippen molar-refractivity contribution in [3.8, 4) is 0 Å². The molecule has 2 rings (SSSR count). The van der Waals surface area contributed by atoms with Gasteiger partial charge in [-0.25, -0.2) is 0 Å². The van der Waals surface area contributed by atoms with Gasteiger partial charge in [-0.15, -0.1) is 0 Å². The summed E-state index contributed by atoms with van der Waals surface area (Å²) in [7, 11) is 0. The smallest absolute Gasteiger partial charge is 0.238 e. The largest absolute Gasteiger partial charge is 0.397 e. The van der Waals surface area contributed by atoms with Crippen LogP contribution in [0.15, 0.2) is 18.2 Å². The van der Waals surface area contributed by atoms with Crippen LogP contribution in [-0.4, -0.2) is 29.9 Å². The number of anilines is 2. The van der Waals surface area contributed by atoms with Gasteiger partial charge in [-0.3, -0.25) is 9.69 Å². The number of benzene rings is 1. The van der Waals surface area contributed by atoms with E-state index in [0.29, 0.717) is 29.0 Å². The Kier molecular flexibility index (Phi) is 4.89. The predicted octanol–water partition coefficient (Wildman–Crippen LogP) is 2.98. The van der Waals surface area contributed by atoms with E-state index < -0.39 is 0 Å². The van der Waals surface area contributed by atoms with Gasteiger partial charge >= 0.3 is 0 Å². The molecule has 1 heterocycles. The van der Waals surface area contributed by atoms with Gasteiger partial charge in [-0.1, -0.05) is 18.5 Å². The molecule has 2 atom stereocenters. The Labute approximate surface area is 125 Å². The summed E-state index contributed by atoms with van der Waals surface area (Å²) in [5.74, 6) is 0.719. The molecule has 1 fully saturated rings. The molecule has 110 valence electrons. The van der Waals surface area contributed by atoms with Crippen molar-refractivity contribution < 1.29 is 4.79 Å². The molecule has 0 aliphatic carbocycles. The lowest BCUT2D eigenvalue weighted by atomic mass is 9.93. The number of nitrogens with two attached hydrogens (primary N) is 1. The number of nitrogens with zero attached hydrogens (tertiary/aromatic N) is 1. The minimum atomic E-state index is -0.0274. The maximum Gasteiger partial charge on any atom is 0.238 e. The standard InChI is InChI=1S/C15H22ClN3O/c1-10-5-6-19(11(2)7-10)9-15(20)18-14-4-3-12(16)8-13(14)17/h3-4,8,10-11H,5-7,9,17H2,1-2H3,(H,18,20). The number of nitrogen functional groups attached to an aromatic ring is 1. The highest BCUT2D eigenvalue weighted by Gasteiger charge is 2.24. The highest BCUT2D eigenvalue weighted by molar-refractivity contribution is 6.31. The topological polar surface area (TPSA) is 58.4 Å². The van der Waals surface area contributed by atoms with Crippen LogP contribution in [0.4, 0.5) is 11.4 Å². The van der Waals surface area contributed by atoms with E-state index in [9.17, 15) is 4.79 Å². The molecule has 1 aliphatic heterocycles. The van der Waals surface area contributed by atoms with Crippen molar-refractivity contribution in [2.24, 2.45) is 5.92 Å². The molecule has 3 N–H and O–H groups in total. The van der Waals surface area contributed by atoms with E-state index in [2.05, 4.69) is 24.1 Å². The van der Waals surface area contributed by atoms with Crippen molar-refractivity contribution in [1.82, 2.24) is 4.90 Å². The first-order valence-electron chi connectivity index (χ1n) is 7.04. The Balaban J connectivity index is 1.92. The Hall–Kier alpha value is -1.26. The zero-order chi connectivity index (χ0) is 14.7. The fourth-order valence-electron chi connectivity index (χ4n) is 2.71. The molecule has 0 spiro atoms. The lowest BCUT2D eigenvalue weighted by molar-refractivity contribution is -0.118. The summed E-state index contributed by atoms with van der Waals surface area (Å²) in [5, 5.41) is 3.42. The Morgan fingerprint density at radius 2 is 2.25 bits per heavy atom. The Bertz CT molecular complexity index is 492. The van der Waals surface area contributed by atoms with Crippen LogP contribution in [0.3, 0.4) is 0 Å². The van der Waals surface area contributed by atoms with Gasteiger partial charge in [0.05, 0.1) is 17.9 Å². The molecule has 4 nitrogen and oxygen atoms in total. The zero-order valence-corrected chi connectivity index (χ0v) is 12.8. The quantitative estimate of drug-likeness (QED) is 0.843. The summed E-state index contributed by atoms with van der Waals surface area (Å²) in [6.45, 7) is 5.84. The summed E-state index contributed by atoms with van der Waals surface area (Å²) in [5.41, 5.74) is 6.95. The normalized spacial score (nSPS) is 23.6. The number of carbonyl (C=O) groups excluding carboxylic acids is 1. The average Bonchev–Trinajstić information content (AvgIpc) is 2.36. The molecule has 0 bridgehead atoms. The second-order valence-electron chi connectivity index (χ2n) is 5.73. The highest BCUT2D eigenvalue weighted by atomic mass is 35.5. The third-order valence-corrected chi connectivity index (χ3v) is 4.15. The molecular formula is C15H22ClN3O. The summed E-state index contributed by atoms with van der Waals surface area (Å²) < 4.78 is 0. The molecule has 1 saturated heterocycles. The summed E-state index contributed by atoms with van der Waals surface area (Å²) in [6, 6.07) is 5.55. The first-order valence-corrected chi connectivity index (χ1v) is 7.42. The third-order valence-electron chi connectivity index (χ3n) is 3.91. The summed E-state index contributed by atoms with van der Waals surface area (Å²) in [4.78, 5) is 14.3. The monoisotopic (exact) mass is 295 g/mol. The van der Waals surface area contributed by atoms with Crippen molar-refractivity contribution >= 4 is 28.9 Å². The number of likely N-dealkylation sites (tertiary alicyclic amines) is 1. The molecule has 0 saturated carbocycles. The SMILES string of the molecule is CC1CCN(CC(=O)Nc2ccc(Cl)cc2N)C(C)C1. The van der Waals surface area contributed by atoms with Crippen LogP contribution in [-0.2, 0) is 4.79 Å². The minimum absolute atomic E-state index is 0.0274. The van der Waals surface area contributed by atoms with Crippen LogP contribution in [0.2, 0.25) is 5.02 Å². The first kappa shape index (κ1) is 15.1. The number of halogens is 1. The number of amides is 1. The molecule has 0 aromatic heterocycles. The molecule has 20 heavy (non-hydrogen) atoms. The van der Waals surface area contributed by atoms with Gasteiger partial charge in [0.2, 0.25) is 5.91 Å². The molecule has 1 amide bonds. The number of piperidine rings is 1. The van der Waals surface area contributed by atoms with Gasteiger partial charge in [0.1, 0.15) is 0 Å². The molecule has 1 aromatic rings. The molecular weight excluding hydrogens is 274 g/mol. The fraction of sp³-hybridized carbons (Fsp3) is 0.533. The fourth-order valence-corrected chi connectivity index (χ4v) is 2.89. The van der Waals surface area contributed by atoms with Crippen LogP contribution in [0.5, 0.6) is 0 Å². The number of rotatable bonds is 3. The van der Waals surface area contributed by atoms with E-state index in [1.165, 1.54) is 0 Å². The molecule has 1 aromatic carbocycles. The van der Waals surface area contributed by atoms with Crippen LogP contribution >= 0.6 is 11.6 Å². The number of hydrogen-bond donors (Lipinski definition) is 2. The van der Waals surface area contributed by atoms with Gasteiger partial charge in [-0.2, -0.15) is 0 Å². The second-order valence-corrected chi connectivity index (χ2v) is 6.17. The van der Waals surface area contributed by atoms with E-state index in [-0.39, 0.29) is 5.91 Å². The van der Waals surface area contributed by atoms with Gasteiger partial charge in [-0.05, 0) is 50.4 Å². The van der Waals surface area contributed by atoms with Crippen LogP contribution in [0, 0.1) is 5.92 Å². The average molecular weight is 296 g/mol. The van der Waals surface area contributed by atoms with Crippen molar-refractivity contribution in [3.63, 3.8) is 0 Å². The second kappa shape index (κ2) is 6.46. The predicted molar refractivity (Wildman–Crippen MR) is 83.9 cm³/mol. The molecule has 1 aliphatic rings. The van der Waals surface area contributed by atoms with Crippen molar-refractivity contribution in [2.45, 2.75) is 32.7 Å². The lowest BCUT2D eigenvalue weighted by Gasteiger charge is -2.35. The Morgan fingerprint density at radius 1 is 1.50 bits per heavy atom. The van der Waals surface area contributed by atoms with E-state index in [0.717, 1.165) is 25.3 Å². The molecule has 5 heteroatoms. The van der Waals surface area contributed by atoms with E-state index >= 15 is 0 Å². The highest BCUT2D eigenvalue weighted by Crippen LogP contribution is 2.24. The van der Waals surface area contributed by atoms with Crippen molar-refractivity contribution in [1.29, 1.82) is 0 Å². The van der Waals surface area contributed by atoms with Crippen molar-refractivity contribution in [2.75, 3.05) is 24.1 Å². The van der Waals surface area contributed by atoms with E-state index in [1.807, 2.05) is 0 Å². The zero-order valence-electron chi connectivity index (χ0n) is 12.0. The van der Waals surface area contributed by atoms with Gasteiger partial charge < -0.3 is 11.1 Å². The Morgan fingerprint density at radius 3 is 2.90 bits per heavy atom. The number of carbonyl (C=O) groups is 1. The van der Waals surface area contributed by atoms with Crippen LogP contribution in [0.1, 0.15) is 26.7 Å².